The topological polar surface area (TPSA) is 20.2 Å². The van der Waals surface area contributed by atoms with E-state index in [1.54, 1.807) is 6.07 Å². The van der Waals surface area contributed by atoms with Crippen molar-refractivity contribution in [3.8, 4) is 5.75 Å². The Morgan fingerprint density at radius 2 is 2.33 bits per heavy atom. The molecule has 1 radical (unpaired) electrons. The maximum absolute atomic E-state index is 9.50. The van der Waals surface area contributed by atoms with Crippen molar-refractivity contribution in [1.82, 2.24) is 0 Å². The Balaban J connectivity index is 2.25. The Bertz CT molecular complexity index is 276. The van der Waals surface area contributed by atoms with Gasteiger partial charge in [-0.2, -0.15) is 0 Å². The molecule has 1 aromatic carbocycles. The molecule has 2 rings (SSSR count). The van der Waals surface area contributed by atoms with Crippen LogP contribution in [0.3, 0.4) is 0 Å². The van der Waals surface area contributed by atoms with E-state index in [2.05, 4.69) is 13.0 Å². The summed E-state index contributed by atoms with van der Waals surface area (Å²) in [6.45, 7) is 2.18. The van der Waals surface area contributed by atoms with Crippen LogP contribution in [0.2, 0.25) is 0 Å². The number of hydrogen-bond acceptors (Lipinski definition) is 1. The van der Waals surface area contributed by atoms with Crippen LogP contribution in [0.4, 0.5) is 0 Å². The van der Waals surface area contributed by atoms with Crippen LogP contribution >= 0.6 is 0 Å². The number of phenolic OH excluding ortho intramolecular Hbond substituents is 1. The lowest BCUT2D eigenvalue weighted by Crippen LogP contribution is -1.95. The summed E-state index contributed by atoms with van der Waals surface area (Å²) in [5, 5.41) is 9.50. The summed E-state index contributed by atoms with van der Waals surface area (Å²) in [6.07, 6.45) is 2.63. The average Bonchev–Trinajstić information content (AvgIpc) is 2.86. The monoisotopic (exact) mass is 161 g/mol. The Labute approximate surface area is 73.0 Å². The van der Waals surface area contributed by atoms with Crippen molar-refractivity contribution in [1.29, 1.82) is 0 Å². The van der Waals surface area contributed by atoms with Crippen molar-refractivity contribution in [2.24, 2.45) is 5.92 Å². The summed E-state index contributed by atoms with van der Waals surface area (Å²) < 4.78 is 0. The van der Waals surface area contributed by atoms with Gasteiger partial charge in [0.1, 0.15) is 5.75 Å². The summed E-state index contributed by atoms with van der Waals surface area (Å²) in [4.78, 5) is 0. The van der Waals surface area contributed by atoms with Gasteiger partial charge in [0, 0.05) is 6.07 Å². The highest BCUT2D eigenvalue weighted by molar-refractivity contribution is 5.34. The summed E-state index contributed by atoms with van der Waals surface area (Å²) in [5.41, 5.74) is 1.06. The molecule has 0 bridgehead atoms. The normalized spacial score (nSPS) is 19.1. The number of rotatable bonds is 2. The molecule has 1 unspecified atom stereocenters. The van der Waals surface area contributed by atoms with Gasteiger partial charge in [0.15, 0.2) is 0 Å². The predicted octanol–water partition coefficient (Wildman–Crippen LogP) is 2.71. The second-order valence-electron chi connectivity index (χ2n) is 3.60. The van der Waals surface area contributed by atoms with Crippen molar-refractivity contribution in [3.05, 3.63) is 29.8 Å². The molecule has 1 heteroatoms. The van der Waals surface area contributed by atoms with Crippen LogP contribution in [0.15, 0.2) is 18.2 Å². The highest BCUT2D eigenvalue weighted by Crippen LogP contribution is 2.44. The van der Waals surface area contributed by atoms with Gasteiger partial charge >= 0.3 is 0 Å². The second-order valence-corrected chi connectivity index (χ2v) is 3.60. The zero-order chi connectivity index (χ0) is 8.55. The van der Waals surface area contributed by atoms with Crippen molar-refractivity contribution in [2.45, 2.75) is 25.7 Å². The zero-order valence-corrected chi connectivity index (χ0v) is 7.25. The first-order valence-corrected chi connectivity index (χ1v) is 4.48. The standard InChI is InChI=1S/C11H13O/c1-8(9-6-7-9)10-4-2-3-5-11(10)12/h2-4,8-9,12H,6-7H2,1H3. The molecule has 1 N–H and O–H groups in total. The van der Waals surface area contributed by atoms with Crippen molar-refractivity contribution in [2.75, 3.05) is 0 Å². The second kappa shape index (κ2) is 2.81. The van der Waals surface area contributed by atoms with Gasteiger partial charge < -0.3 is 5.11 Å². The molecule has 0 aromatic heterocycles. The molecule has 1 aliphatic rings. The van der Waals surface area contributed by atoms with Crippen LogP contribution in [0.5, 0.6) is 5.75 Å². The smallest absolute Gasteiger partial charge is 0.127 e. The van der Waals surface area contributed by atoms with Gasteiger partial charge in [0.2, 0.25) is 0 Å². The van der Waals surface area contributed by atoms with E-state index in [0.29, 0.717) is 11.7 Å². The number of aromatic hydroxyl groups is 1. The first-order chi connectivity index (χ1) is 5.79. The summed E-state index contributed by atoms with van der Waals surface area (Å²) in [5.74, 6) is 1.63. The molecule has 0 saturated heterocycles. The van der Waals surface area contributed by atoms with E-state index < -0.39 is 0 Å². The Kier molecular flexibility index (Phi) is 1.80. The van der Waals surface area contributed by atoms with E-state index in [9.17, 15) is 5.11 Å². The molecule has 63 valence electrons. The summed E-state index contributed by atoms with van der Waals surface area (Å²) >= 11 is 0. The van der Waals surface area contributed by atoms with Crippen LogP contribution in [0, 0.1) is 12.0 Å². The quantitative estimate of drug-likeness (QED) is 0.707. The van der Waals surface area contributed by atoms with E-state index in [1.165, 1.54) is 12.8 Å². The third-order valence-corrected chi connectivity index (χ3v) is 2.69. The molecule has 1 nitrogen and oxygen atoms in total. The van der Waals surface area contributed by atoms with Crippen LogP contribution in [-0.2, 0) is 0 Å². The lowest BCUT2D eigenvalue weighted by atomic mass is 9.96. The highest BCUT2D eigenvalue weighted by Gasteiger charge is 2.29. The fourth-order valence-electron chi connectivity index (χ4n) is 1.66. The number of phenols is 1. The third-order valence-electron chi connectivity index (χ3n) is 2.69. The fraction of sp³-hybridized carbons (Fsp3) is 0.455. The van der Waals surface area contributed by atoms with Gasteiger partial charge in [-0.25, -0.2) is 0 Å². The molecule has 0 heterocycles. The molecule has 0 aliphatic heterocycles. The molecule has 1 fully saturated rings. The third kappa shape index (κ3) is 1.31. The number of hydrogen-bond donors (Lipinski definition) is 1. The largest absolute Gasteiger partial charge is 0.507 e. The van der Waals surface area contributed by atoms with Crippen LogP contribution < -0.4 is 0 Å². The average molecular weight is 161 g/mol. The first kappa shape index (κ1) is 7.66. The van der Waals surface area contributed by atoms with Crippen molar-refractivity contribution in [3.63, 3.8) is 0 Å². The summed E-state index contributed by atoms with van der Waals surface area (Å²) in [7, 11) is 0. The molecule has 12 heavy (non-hydrogen) atoms. The van der Waals surface area contributed by atoms with Gasteiger partial charge in [-0.3, -0.25) is 0 Å². The molecular formula is C11H13O. The Hall–Kier alpha value is -0.980. The maximum atomic E-state index is 9.50. The van der Waals surface area contributed by atoms with Crippen LogP contribution in [0.25, 0.3) is 0 Å². The molecule has 1 aromatic rings. The zero-order valence-electron chi connectivity index (χ0n) is 7.25. The van der Waals surface area contributed by atoms with Crippen molar-refractivity contribution >= 4 is 0 Å². The van der Waals surface area contributed by atoms with E-state index >= 15 is 0 Å². The number of para-hydroxylation sites is 1. The van der Waals surface area contributed by atoms with E-state index in [-0.39, 0.29) is 0 Å². The number of benzene rings is 1. The van der Waals surface area contributed by atoms with Crippen LogP contribution in [0.1, 0.15) is 31.2 Å². The fourth-order valence-corrected chi connectivity index (χ4v) is 1.66. The van der Waals surface area contributed by atoms with Gasteiger partial charge in [-0.15, -0.1) is 0 Å². The summed E-state index contributed by atoms with van der Waals surface area (Å²) in [6, 6.07) is 8.50. The lowest BCUT2D eigenvalue weighted by Gasteiger charge is -2.11. The molecule has 0 spiro atoms. The van der Waals surface area contributed by atoms with Gasteiger partial charge in [-0.1, -0.05) is 25.1 Å². The minimum atomic E-state index is 0.330. The molecule has 1 saturated carbocycles. The molecule has 1 atom stereocenters. The Morgan fingerprint density at radius 3 is 2.92 bits per heavy atom. The SMILES string of the molecule is CC(c1ccc[c]c1O)C1CC1. The van der Waals surface area contributed by atoms with E-state index in [1.807, 2.05) is 12.1 Å². The van der Waals surface area contributed by atoms with Gasteiger partial charge in [0.25, 0.3) is 0 Å². The molecular weight excluding hydrogens is 148 g/mol. The highest BCUT2D eigenvalue weighted by atomic mass is 16.3. The van der Waals surface area contributed by atoms with E-state index in [0.717, 1.165) is 11.5 Å². The van der Waals surface area contributed by atoms with Gasteiger partial charge in [0.05, 0.1) is 0 Å². The molecule has 1 aliphatic carbocycles. The predicted molar refractivity (Wildman–Crippen MR) is 48.1 cm³/mol. The minimum Gasteiger partial charge on any atom is -0.507 e. The first-order valence-electron chi connectivity index (χ1n) is 4.48. The molecule has 0 amide bonds. The van der Waals surface area contributed by atoms with Crippen molar-refractivity contribution < 1.29 is 5.11 Å². The minimum absolute atomic E-state index is 0.330. The maximum Gasteiger partial charge on any atom is 0.127 e. The lowest BCUT2D eigenvalue weighted by molar-refractivity contribution is 0.457. The Morgan fingerprint density at radius 1 is 1.58 bits per heavy atom. The van der Waals surface area contributed by atoms with Gasteiger partial charge in [-0.05, 0) is 30.2 Å². The van der Waals surface area contributed by atoms with Crippen LogP contribution in [-0.4, -0.2) is 5.11 Å². The van der Waals surface area contributed by atoms with E-state index in [4.69, 9.17) is 0 Å².